The van der Waals surface area contributed by atoms with Gasteiger partial charge in [-0.25, -0.2) is 0 Å². The molecule has 0 bridgehead atoms. The van der Waals surface area contributed by atoms with Gasteiger partial charge in [-0.15, -0.1) is 12.4 Å². The number of amides is 1. The normalized spacial score (nSPS) is 11.7. The van der Waals surface area contributed by atoms with Gasteiger partial charge in [0.15, 0.2) is 0 Å². The number of hydrogen-bond acceptors (Lipinski definition) is 4. The maximum Gasteiger partial charge on any atom is 0.237 e. The lowest BCUT2D eigenvalue weighted by atomic mass is 10.0. The van der Waals surface area contributed by atoms with Crippen molar-refractivity contribution < 1.29 is 9.53 Å². The van der Waals surface area contributed by atoms with E-state index in [2.05, 4.69) is 31.3 Å². The van der Waals surface area contributed by atoms with E-state index in [1.54, 1.807) is 11.8 Å². The predicted octanol–water partition coefficient (Wildman–Crippen LogP) is 2.81. The van der Waals surface area contributed by atoms with Crippen LogP contribution in [0.25, 0.3) is 0 Å². The summed E-state index contributed by atoms with van der Waals surface area (Å²) in [6.45, 7) is 5.23. The Kier molecular flexibility index (Phi) is 11.1. The van der Waals surface area contributed by atoms with Crippen LogP contribution in [0.3, 0.4) is 0 Å². The number of carbonyl (C=O) groups is 1. The molecule has 6 heteroatoms. The van der Waals surface area contributed by atoms with Gasteiger partial charge in [0, 0.05) is 0 Å². The molecule has 1 aromatic carbocycles. The fourth-order valence-electron chi connectivity index (χ4n) is 1.80. The summed E-state index contributed by atoms with van der Waals surface area (Å²) >= 11 is 1.69. The van der Waals surface area contributed by atoms with Crippen LogP contribution in [-0.4, -0.2) is 37.1 Å². The number of halogens is 1. The third-order valence-electron chi connectivity index (χ3n) is 3.19. The number of rotatable bonds is 9. The van der Waals surface area contributed by atoms with Crippen LogP contribution in [0.4, 0.5) is 0 Å². The molecule has 3 N–H and O–H groups in total. The number of nitrogens with one attached hydrogen (secondary N) is 1. The lowest BCUT2D eigenvalue weighted by molar-refractivity contribution is -0.122. The highest BCUT2D eigenvalue weighted by Crippen LogP contribution is 2.18. The fraction of sp³-hybridized carbons (Fsp3) is 0.562. The molecule has 126 valence electrons. The van der Waals surface area contributed by atoms with Crippen LogP contribution >= 0.6 is 24.2 Å². The standard InChI is InChI=1S/C16H26N2O2S.ClH/c1-12(2)13-4-6-14(7-5-13)20-10-9-18-16(19)15(17)8-11-21-3;/h4-7,12,15H,8-11,17H2,1-3H3,(H,18,19);1H/t15-;/m0./s1. The Labute approximate surface area is 144 Å². The van der Waals surface area contributed by atoms with Gasteiger partial charge in [-0.2, -0.15) is 11.8 Å². The summed E-state index contributed by atoms with van der Waals surface area (Å²) in [6, 6.07) is 7.62. The first-order valence-corrected chi connectivity index (χ1v) is 8.69. The van der Waals surface area contributed by atoms with Gasteiger partial charge in [-0.3, -0.25) is 4.79 Å². The average Bonchev–Trinajstić information content (AvgIpc) is 2.49. The van der Waals surface area contributed by atoms with Gasteiger partial charge < -0.3 is 15.8 Å². The van der Waals surface area contributed by atoms with E-state index in [1.165, 1.54) is 5.56 Å². The smallest absolute Gasteiger partial charge is 0.237 e. The van der Waals surface area contributed by atoms with Crippen LogP contribution in [0.15, 0.2) is 24.3 Å². The number of thioether (sulfide) groups is 1. The molecule has 1 atom stereocenters. The molecule has 0 heterocycles. The van der Waals surface area contributed by atoms with Gasteiger partial charge in [0.2, 0.25) is 5.91 Å². The maximum absolute atomic E-state index is 11.7. The van der Waals surface area contributed by atoms with Crippen molar-refractivity contribution in [1.82, 2.24) is 5.32 Å². The average molecular weight is 347 g/mol. The Morgan fingerprint density at radius 2 is 1.95 bits per heavy atom. The largest absolute Gasteiger partial charge is 0.492 e. The molecule has 0 fully saturated rings. The van der Waals surface area contributed by atoms with E-state index in [0.717, 1.165) is 11.5 Å². The zero-order valence-electron chi connectivity index (χ0n) is 13.5. The molecule has 0 saturated carbocycles. The van der Waals surface area contributed by atoms with Crippen molar-refractivity contribution in [1.29, 1.82) is 0 Å². The molecule has 0 aliphatic heterocycles. The van der Waals surface area contributed by atoms with Crippen LogP contribution in [0.5, 0.6) is 5.75 Å². The quantitative estimate of drug-likeness (QED) is 0.675. The summed E-state index contributed by atoms with van der Waals surface area (Å²) in [7, 11) is 0. The lowest BCUT2D eigenvalue weighted by Gasteiger charge is -2.12. The van der Waals surface area contributed by atoms with Crippen LogP contribution in [0.2, 0.25) is 0 Å². The van der Waals surface area contributed by atoms with Gasteiger partial charge >= 0.3 is 0 Å². The first-order valence-electron chi connectivity index (χ1n) is 7.29. The van der Waals surface area contributed by atoms with E-state index in [9.17, 15) is 4.79 Å². The number of ether oxygens (including phenoxy) is 1. The summed E-state index contributed by atoms with van der Waals surface area (Å²) in [5, 5.41) is 2.79. The third kappa shape index (κ3) is 7.92. The van der Waals surface area contributed by atoms with Crippen molar-refractivity contribution in [3.63, 3.8) is 0 Å². The van der Waals surface area contributed by atoms with Crippen LogP contribution in [0, 0.1) is 0 Å². The fourth-order valence-corrected chi connectivity index (χ4v) is 2.29. The van der Waals surface area contributed by atoms with E-state index in [1.807, 2.05) is 18.4 Å². The van der Waals surface area contributed by atoms with Crippen LogP contribution < -0.4 is 15.8 Å². The van der Waals surface area contributed by atoms with Crippen molar-refractivity contribution >= 4 is 30.1 Å². The minimum Gasteiger partial charge on any atom is -0.492 e. The molecular formula is C16H27ClN2O2S. The zero-order valence-corrected chi connectivity index (χ0v) is 15.1. The molecule has 1 aromatic rings. The highest BCUT2D eigenvalue weighted by Gasteiger charge is 2.11. The van der Waals surface area contributed by atoms with Crippen molar-refractivity contribution in [3.8, 4) is 5.75 Å². The van der Waals surface area contributed by atoms with Crippen LogP contribution in [-0.2, 0) is 4.79 Å². The SMILES string of the molecule is CSCC[C@H](N)C(=O)NCCOc1ccc(C(C)C)cc1.Cl. The van der Waals surface area contributed by atoms with E-state index in [0.29, 0.717) is 25.5 Å². The molecule has 0 saturated heterocycles. The molecule has 0 aliphatic rings. The Hall–Kier alpha value is -0.910. The Balaban J connectivity index is 0.00000441. The molecule has 4 nitrogen and oxygen atoms in total. The van der Waals surface area contributed by atoms with Crippen molar-refractivity contribution in [2.75, 3.05) is 25.2 Å². The Bertz CT molecular complexity index is 427. The molecule has 0 unspecified atom stereocenters. The molecule has 0 radical (unpaired) electrons. The molecule has 0 aliphatic carbocycles. The van der Waals surface area contributed by atoms with E-state index in [4.69, 9.17) is 10.5 Å². The number of hydrogen-bond donors (Lipinski definition) is 2. The second-order valence-corrected chi connectivity index (χ2v) is 6.24. The molecule has 1 rings (SSSR count). The molecule has 0 aromatic heterocycles. The minimum atomic E-state index is -0.428. The van der Waals surface area contributed by atoms with E-state index < -0.39 is 6.04 Å². The summed E-state index contributed by atoms with van der Waals surface area (Å²) < 4.78 is 5.59. The summed E-state index contributed by atoms with van der Waals surface area (Å²) in [5.41, 5.74) is 7.06. The van der Waals surface area contributed by atoms with Crippen molar-refractivity contribution in [2.45, 2.75) is 32.2 Å². The van der Waals surface area contributed by atoms with E-state index in [-0.39, 0.29) is 18.3 Å². The first kappa shape index (κ1) is 21.1. The topological polar surface area (TPSA) is 64.4 Å². The first-order chi connectivity index (χ1) is 10.0. The zero-order chi connectivity index (χ0) is 15.7. The molecule has 0 spiro atoms. The van der Waals surface area contributed by atoms with Crippen molar-refractivity contribution in [3.05, 3.63) is 29.8 Å². The Morgan fingerprint density at radius 3 is 2.50 bits per heavy atom. The van der Waals surface area contributed by atoms with E-state index >= 15 is 0 Å². The van der Waals surface area contributed by atoms with Crippen molar-refractivity contribution in [2.24, 2.45) is 5.73 Å². The third-order valence-corrected chi connectivity index (χ3v) is 3.83. The number of benzene rings is 1. The highest BCUT2D eigenvalue weighted by molar-refractivity contribution is 7.98. The number of nitrogens with two attached hydrogens (primary N) is 1. The monoisotopic (exact) mass is 346 g/mol. The van der Waals surface area contributed by atoms with Gasteiger partial charge in [0.05, 0.1) is 12.6 Å². The molecule has 1 amide bonds. The second kappa shape index (κ2) is 11.6. The van der Waals surface area contributed by atoms with Gasteiger partial charge in [-0.1, -0.05) is 26.0 Å². The predicted molar refractivity (Wildman–Crippen MR) is 97.3 cm³/mol. The van der Waals surface area contributed by atoms with Gasteiger partial charge in [-0.05, 0) is 42.0 Å². The highest BCUT2D eigenvalue weighted by atomic mass is 35.5. The van der Waals surface area contributed by atoms with Crippen LogP contribution in [0.1, 0.15) is 31.7 Å². The summed E-state index contributed by atoms with van der Waals surface area (Å²) in [6.07, 6.45) is 2.70. The summed E-state index contributed by atoms with van der Waals surface area (Å²) in [4.78, 5) is 11.7. The second-order valence-electron chi connectivity index (χ2n) is 5.25. The van der Waals surface area contributed by atoms with Gasteiger partial charge in [0.1, 0.15) is 12.4 Å². The molecular weight excluding hydrogens is 320 g/mol. The molecule has 22 heavy (non-hydrogen) atoms. The van der Waals surface area contributed by atoms with Gasteiger partial charge in [0.25, 0.3) is 0 Å². The Morgan fingerprint density at radius 1 is 1.32 bits per heavy atom. The minimum absolute atomic E-state index is 0. The summed E-state index contributed by atoms with van der Waals surface area (Å²) in [5.74, 6) is 2.12. The lowest BCUT2D eigenvalue weighted by Crippen LogP contribution is -2.42. The maximum atomic E-state index is 11.7. The number of carbonyl (C=O) groups excluding carboxylic acids is 1.